The van der Waals surface area contributed by atoms with Gasteiger partial charge in [-0.05, 0) is 13.0 Å². The highest BCUT2D eigenvalue weighted by Crippen LogP contribution is 1.67. The van der Waals surface area contributed by atoms with Crippen LogP contribution < -0.4 is 5.32 Å². The fourth-order valence-corrected chi connectivity index (χ4v) is 0.372. The average molecular weight is 161 g/mol. The van der Waals surface area contributed by atoms with E-state index in [1.807, 2.05) is 6.92 Å². The van der Waals surface area contributed by atoms with Gasteiger partial charge in [0.25, 0.3) is 0 Å². The molecule has 0 aromatic heterocycles. The molecule has 0 aromatic rings. The number of carboxylic acid groups (broad SMARTS) is 1. The Morgan fingerprint density at radius 3 is 2.09 bits per heavy atom. The molecule has 2 N–H and O–H groups in total. The summed E-state index contributed by atoms with van der Waals surface area (Å²) in [5.74, 6) is -0.793. The van der Waals surface area contributed by atoms with E-state index in [1.54, 1.807) is 0 Å². The maximum Gasteiger partial charge on any atom is 0.317 e. The highest BCUT2D eigenvalue weighted by atomic mass is 16.4. The maximum atomic E-state index is 9.81. The molecule has 0 heterocycles. The third kappa shape index (κ3) is 26.5. The quantitative estimate of drug-likeness (QED) is 0.614. The van der Waals surface area contributed by atoms with Crippen LogP contribution in [0.15, 0.2) is 0 Å². The Kier molecular flexibility index (Phi) is 14.4. The minimum Gasteiger partial charge on any atom is -0.480 e. The molecule has 3 heteroatoms. The molecule has 0 radical (unpaired) electrons. The predicted molar refractivity (Wildman–Crippen MR) is 46.8 cm³/mol. The fourth-order valence-electron chi connectivity index (χ4n) is 0.372. The van der Waals surface area contributed by atoms with Crippen LogP contribution in [0, 0.1) is 0 Å². The Balaban J connectivity index is 0. The van der Waals surface area contributed by atoms with Gasteiger partial charge in [0.15, 0.2) is 0 Å². The van der Waals surface area contributed by atoms with E-state index in [0.29, 0.717) is 0 Å². The summed E-state index contributed by atoms with van der Waals surface area (Å²) in [5.41, 5.74) is 0. The summed E-state index contributed by atoms with van der Waals surface area (Å²) in [5, 5.41) is 10.8. The summed E-state index contributed by atoms with van der Waals surface area (Å²) < 4.78 is 0. The van der Waals surface area contributed by atoms with Crippen LogP contribution in [-0.2, 0) is 4.79 Å². The summed E-state index contributed by atoms with van der Waals surface area (Å²) in [7, 11) is 0. The van der Waals surface area contributed by atoms with Crippen molar-refractivity contribution < 1.29 is 9.90 Å². The topological polar surface area (TPSA) is 49.3 Å². The average Bonchev–Trinajstić information content (AvgIpc) is 1.89. The number of hydrogen-bond donors (Lipinski definition) is 2. The predicted octanol–water partition coefficient (Wildman–Crippen LogP) is 1.49. The second-order valence-electron chi connectivity index (χ2n) is 2.28. The Labute approximate surface area is 68.8 Å². The number of carbonyl (C=O) groups is 1. The van der Waals surface area contributed by atoms with Gasteiger partial charge in [0.05, 0.1) is 6.54 Å². The molecule has 3 nitrogen and oxygen atoms in total. The third-order valence-electron chi connectivity index (χ3n) is 0.703. The lowest BCUT2D eigenvalue weighted by Crippen LogP contribution is -2.22. The summed E-state index contributed by atoms with van der Waals surface area (Å²) in [6, 6.07) is 0. The van der Waals surface area contributed by atoms with Crippen molar-refractivity contribution in [2.75, 3.05) is 13.1 Å². The van der Waals surface area contributed by atoms with Crippen LogP contribution in [0.1, 0.15) is 33.6 Å². The van der Waals surface area contributed by atoms with Gasteiger partial charge in [0.1, 0.15) is 0 Å². The molecule has 0 amide bonds. The van der Waals surface area contributed by atoms with E-state index in [-0.39, 0.29) is 6.54 Å². The van der Waals surface area contributed by atoms with Gasteiger partial charge in [-0.3, -0.25) is 4.79 Å². The fraction of sp³-hybridized carbons (Fsp3) is 0.875. The van der Waals surface area contributed by atoms with E-state index in [1.165, 1.54) is 6.42 Å². The zero-order chi connectivity index (χ0) is 9.11. The normalized spacial score (nSPS) is 8.27. The maximum absolute atomic E-state index is 9.81. The van der Waals surface area contributed by atoms with Gasteiger partial charge in [-0.2, -0.15) is 0 Å². The Morgan fingerprint density at radius 1 is 1.36 bits per heavy atom. The van der Waals surface area contributed by atoms with Crippen molar-refractivity contribution in [3.63, 3.8) is 0 Å². The van der Waals surface area contributed by atoms with E-state index in [9.17, 15) is 4.79 Å². The van der Waals surface area contributed by atoms with Gasteiger partial charge < -0.3 is 10.4 Å². The van der Waals surface area contributed by atoms with Crippen LogP contribution in [0.3, 0.4) is 0 Å². The molecule has 0 aliphatic heterocycles. The zero-order valence-corrected chi connectivity index (χ0v) is 7.68. The van der Waals surface area contributed by atoms with Crippen molar-refractivity contribution in [3.05, 3.63) is 0 Å². The highest BCUT2D eigenvalue weighted by molar-refractivity contribution is 5.68. The molecule has 68 valence electrons. The summed E-state index contributed by atoms with van der Waals surface area (Å²) in [6.07, 6.45) is 2.23. The summed E-state index contributed by atoms with van der Waals surface area (Å²) in [6.45, 7) is 7.11. The Bertz CT molecular complexity index is 84.2. The van der Waals surface area contributed by atoms with Crippen molar-refractivity contribution in [2.24, 2.45) is 0 Å². The minimum atomic E-state index is -0.793. The first-order chi connectivity index (χ1) is 5.18. The molecule has 0 bridgehead atoms. The Hall–Kier alpha value is -0.570. The molecule has 0 rings (SSSR count). The molecule has 11 heavy (non-hydrogen) atoms. The van der Waals surface area contributed by atoms with Crippen molar-refractivity contribution in [2.45, 2.75) is 33.6 Å². The lowest BCUT2D eigenvalue weighted by molar-refractivity contribution is -0.135. The van der Waals surface area contributed by atoms with Crippen molar-refractivity contribution >= 4 is 5.97 Å². The smallest absolute Gasteiger partial charge is 0.317 e. The van der Waals surface area contributed by atoms with Gasteiger partial charge in [0.2, 0.25) is 0 Å². The van der Waals surface area contributed by atoms with Crippen LogP contribution in [0.5, 0.6) is 0 Å². The number of carboxylic acids is 1. The molecule has 0 saturated heterocycles. The summed E-state index contributed by atoms with van der Waals surface area (Å²) >= 11 is 0. The van der Waals surface area contributed by atoms with Crippen LogP contribution in [-0.4, -0.2) is 24.2 Å². The van der Waals surface area contributed by atoms with Gasteiger partial charge in [-0.15, -0.1) is 0 Å². The second-order valence-corrected chi connectivity index (χ2v) is 2.28. The van der Waals surface area contributed by atoms with Crippen LogP contribution in [0.4, 0.5) is 0 Å². The number of hydrogen-bond acceptors (Lipinski definition) is 2. The molecule has 0 unspecified atom stereocenters. The lowest BCUT2D eigenvalue weighted by atomic mass is 10.5. The second kappa shape index (κ2) is 12.1. The Morgan fingerprint density at radius 2 is 1.82 bits per heavy atom. The molecule has 0 aliphatic carbocycles. The molecule has 0 saturated carbocycles. The van der Waals surface area contributed by atoms with Crippen LogP contribution >= 0.6 is 0 Å². The van der Waals surface area contributed by atoms with Crippen molar-refractivity contribution in [3.8, 4) is 0 Å². The number of aliphatic carboxylic acids is 1. The molecular formula is C8H19NO2. The monoisotopic (exact) mass is 161 g/mol. The molecule has 0 aliphatic rings. The van der Waals surface area contributed by atoms with Gasteiger partial charge >= 0.3 is 5.97 Å². The highest BCUT2D eigenvalue weighted by Gasteiger charge is 1.90. The van der Waals surface area contributed by atoms with E-state index in [0.717, 1.165) is 13.0 Å². The summed E-state index contributed by atoms with van der Waals surface area (Å²) in [4.78, 5) is 9.81. The van der Waals surface area contributed by atoms with E-state index >= 15 is 0 Å². The largest absolute Gasteiger partial charge is 0.480 e. The van der Waals surface area contributed by atoms with Crippen LogP contribution in [0.2, 0.25) is 0 Å². The lowest BCUT2D eigenvalue weighted by Gasteiger charge is -1.94. The molecular weight excluding hydrogens is 142 g/mol. The number of nitrogens with one attached hydrogen (secondary N) is 1. The molecule has 0 spiro atoms. The van der Waals surface area contributed by atoms with E-state index in [4.69, 9.17) is 5.11 Å². The SMILES string of the molecule is CCC.CCCNCC(=O)O. The first-order valence-corrected chi connectivity index (χ1v) is 4.11. The first kappa shape index (κ1) is 13.1. The first-order valence-electron chi connectivity index (χ1n) is 4.11. The third-order valence-corrected chi connectivity index (χ3v) is 0.703. The van der Waals surface area contributed by atoms with Crippen LogP contribution in [0.25, 0.3) is 0 Å². The van der Waals surface area contributed by atoms with E-state index in [2.05, 4.69) is 19.2 Å². The minimum absolute atomic E-state index is 0.0772. The van der Waals surface area contributed by atoms with Crippen molar-refractivity contribution in [1.29, 1.82) is 0 Å². The van der Waals surface area contributed by atoms with Gasteiger partial charge in [-0.1, -0.05) is 27.2 Å². The van der Waals surface area contributed by atoms with Crippen molar-refractivity contribution in [1.82, 2.24) is 5.32 Å². The molecule has 0 atom stereocenters. The molecule has 0 aromatic carbocycles. The standard InChI is InChI=1S/C5H11NO2.C3H8/c1-2-3-6-4-5(7)8;1-3-2/h6H,2-4H2,1H3,(H,7,8);3H2,1-2H3. The zero-order valence-electron chi connectivity index (χ0n) is 7.68. The van der Waals surface area contributed by atoms with E-state index < -0.39 is 5.97 Å². The van der Waals surface area contributed by atoms with Gasteiger partial charge in [-0.25, -0.2) is 0 Å². The van der Waals surface area contributed by atoms with Gasteiger partial charge in [0, 0.05) is 0 Å². The number of rotatable bonds is 4. The molecule has 0 fully saturated rings.